The van der Waals surface area contributed by atoms with Crippen LogP contribution >= 0.6 is 0 Å². The quantitative estimate of drug-likeness (QED) is 0.420. The molecular weight excluding hydrogens is 308 g/mol. The Morgan fingerprint density at radius 1 is 1.08 bits per heavy atom. The zero-order chi connectivity index (χ0) is 17.3. The smallest absolute Gasteiger partial charge is 0.270 e. The summed E-state index contributed by atoms with van der Waals surface area (Å²) >= 11 is 0. The number of hydrogen-bond donors (Lipinski definition) is 0. The molecule has 0 aliphatic rings. The lowest BCUT2D eigenvalue weighted by Crippen LogP contribution is -2.23. The van der Waals surface area contributed by atoms with Crippen LogP contribution in [0.15, 0.2) is 59.4 Å². The van der Waals surface area contributed by atoms with Gasteiger partial charge in [-0.15, -0.1) is 0 Å². The second-order valence-corrected chi connectivity index (χ2v) is 5.55. The average Bonchev–Trinajstić information content (AvgIpc) is 2.57. The van der Waals surface area contributed by atoms with Crippen molar-refractivity contribution in [2.24, 2.45) is 0 Å². The zero-order valence-corrected chi connectivity index (χ0v) is 12.9. The van der Waals surface area contributed by atoms with Crippen molar-refractivity contribution in [1.29, 1.82) is 0 Å². The number of aromatic nitrogens is 1. The maximum Gasteiger partial charge on any atom is 0.270 e. The first kappa shape index (κ1) is 15.6. The SMILES string of the molecule is Cc1ccc(C(=O)Cn2c(=O)ccc3cc([N+](=O)[O-])ccc32)cc1. The van der Waals surface area contributed by atoms with E-state index in [-0.39, 0.29) is 23.6 Å². The number of pyridine rings is 1. The van der Waals surface area contributed by atoms with Crippen molar-refractivity contribution in [3.05, 3.63) is 86.2 Å². The monoisotopic (exact) mass is 322 g/mol. The molecule has 0 fully saturated rings. The van der Waals surface area contributed by atoms with Gasteiger partial charge in [0.25, 0.3) is 11.2 Å². The molecule has 0 radical (unpaired) electrons. The van der Waals surface area contributed by atoms with Gasteiger partial charge in [-0.05, 0) is 19.1 Å². The third-order valence-electron chi connectivity index (χ3n) is 3.86. The van der Waals surface area contributed by atoms with Crippen molar-refractivity contribution in [3.8, 4) is 0 Å². The normalized spacial score (nSPS) is 10.7. The van der Waals surface area contributed by atoms with Gasteiger partial charge in [0.1, 0.15) is 0 Å². The van der Waals surface area contributed by atoms with Gasteiger partial charge in [0.15, 0.2) is 5.78 Å². The minimum absolute atomic E-state index is 0.0578. The number of nitrogens with zero attached hydrogens (tertiary/aromatic N) is 2. The summed E-state index contributed by atoms with van der Waals surface area (Å²) in [5.41, 5.74) is 1.68. The fourth-order valence-electron chi connectivity index (χ4n) is 2.54. The number of aryl methyl sites for hydroxylation is 1. The van der Waals surface area contributed by atoms with Crippen molar-refractivity contribution in [3.63, 3.8) is 0 Å². The Balaban J connectivity index is 2.03. The molecule has 0 saturated carbocycles. The number of nitro benzene ring substituents is 1. The van der Waals surface area contributed by atoms with Crippen molar-refractivity contribution in [2.45, 2.75) is 13.5 Å². The number of nitro groups is 1. The molecule has 0 bridgehead atoms. The summed E-state index contributed by atoms with van der Waals surface area (Å²) in [7, 11) is 0. The average molecular weight is 322 g/mol. The van der Waals surface area contributed by atoms with Crippen LogP contribution in [0.1, 0.15) is 15.9 Å². The summed E-state index contributed by atoms with van der Waals surface area (Å²) in [6.45, 7) is 1.81. The van der Waals surface area contributed by atoms with E-state index in [1.807, 2.05) is 19.1 Å². The molecule has 0 aliphatic carbocycles. The molecule has 6 heteroatoms. The topological polar surface area (TPSA) is 82.2 Å². The number of benzene rings is 2. The first-order chi connectivity index (χ1) is 11.5. The number of carbonyl (C=O) groups is 1. The molecule has 1 aromatic heterocycles. The predicted octanol–water partition coefficient (Wildman–Crippen LogP) is 3.10. The van der Waals surface area contributed by atoms with E-state index >= 15 is 0 Å². The molecule has 6 nitrogen and oxygen atoms in total. The van der Waals surface area contributed by atoms with Crippen LogP contribution in [0.5, 0.6) is 0 Å². The fraction of sp³-hybridized carbons (Fsp3) is 0.111. The number of hydrogen-bond acceptors (Lipinski definition) is 4. The van der Waals surface area contributed by atoms with E-state index in [0.29, 0.717) is 16.5 Å². The number of ketones is 1. The molecule has 0 saturated heterocycles. The maximum atomic E-state index is 12.4. The minimum Gasteiger partial charge on any atom is -0.300 e. The van der Waals surface area contributed by atoms with Crippen LogP contribution in [0.4, 0.5) is 5.69 Å². The number of carbonyl (C=O) groups excluding carboxylic acids is 1. The first-order valence-electron chi connectivity index (χ1n) is 7.33. The maximum absolute atomic E-state index is 12.4. The van der Waals surface area contributed by atoms with E-state index in [1.54, 1.807) is 12.1 Å². The Morgan fingerprint density at radius 3 is 2.46 bits per heavy atom. The highest BCUT2D eigenvalue weighted by atomic mass is 16.6. The third kappa shape index (κ3) is 2.94. The van der Waals surface area contributed by atoms with Gasteiger partial charge in [-0.3, -0.25) is 19.7 Å². The summed E-state index contributed by atoms with van der Waals surface area (Å²) < 4.78 is 1.33. The Kier molecular flexibility index (Phi) is 3.95. The largest absolute Gasteiger partial charge is 0.300 e. The van der Waals surface area contributed by atoms with Crippen LogP contribution in [-0.4, -0.2) is 15.3 Å². The number of rotatable bonds is 4. The van der Waals surface area contributed by atoms with Crippen molar-refractivity contribution >= 4 is 22.4 Å². The molecule has 0 atom stereocenters. The fourth-order valence-corrected chi connectivity index (χ4v) is 2.54. The lowest BCUT2D eigenvalue weighted by atomic mass is 10.1. The molecule has 0 spiro atoms. The summed E-state index contributed by atoms with van der Waals surface area (Å²) in [5.74, 6) is -0.192. The predicted molar refractivity (Wildman–Crippen MR) is 90.4 cm³/mol. The first-order valence-corrected chi connectivity index (χ1v) is 7.33. The van der Waals surface area contributed by atoms with E-state index in [1.165, 1.54) is 34.9 Å². The second kappa shape index (κ2) is 6.08. The molecule has 2 aromatic carbocycles. The molecule has 0 amide bonds. The van der Waals surface area contributed by atoms with Gasteiger partial charge >= 0.3 is 0 Å². The number of non-ortho nitro benzene ring substituents is 1. The molecule has 120 valence electrons. The lowest BCUT2D eigenvalue weighted by molar-refractivity contribution is -0.384. The van der Waals surface area contributed by atoms with Gasteiger partial charge < -0.3 is 4.57 Å². The standard InChI is InChI=1S/C18H14N2O4/c1-12-2-4-13(5-3-12)17(21)11-19-16-8-7-15(20(23)24)10-14(16)6-9-18(19)22/h2-10H,11H2,1H3. The number of Topliss-reactive ketones (excluding diaryl/α,β-unsaturated/α-hetero) is 1. The molecule has 24 heavy (non-hydrogen) atoms. The van der Waals surface area contributed by atoms with E-state index in [0.717, 1.165) is 5.56 Å². The second-order valence-electron chi connectivity index (χ2n) is 5.55. The Morgan fingerprint density at radius 2 is 1.79 bits per heavy atom. The molecule has 3 rings (SSSR count). The van der Waals surface area contributed by atoms with Crippen LogP contribution in [0.2, 0.25) is 0 Å². The van der Waals surface area contributed by atoms with Gasteiger partial charge in [0, 0.05) is 29.1 Å². The minimum atomic E-state index is -0.494. The molecule has 1 heterocycles. The summed E-state index contributed by atoms with van der Waals surface area (Å²) in [5, 5.41) is 11.4. The van der Waals surface area contributed by atoms with Crippen LogP contribution in [0.3, 0.4) is 0 Å². The zero-order valence-electron chi connectivity index (χ0n) is 12.9. The highest BCUT2D eigenvalue weighted by Crippen LogP contribution is 2.20. The van der Waals surface area contributed by atoms with Crippen molar-refractivity contribution < 1.29 is 9.72 Å². The van der Waals surface area contributed by atoms with Gasteiger partial charge in [0.05, 0.1) is 17.0 Å². The molecular formula is C18H14N2O4. The van der Waals surface area contributed by atoms with Crippen LogP contribution in [0.25, 0.3) is 10.9 Å². The summed E-state index contributed by atoms with van der Waals surface area (Å²) in [4.78, 5) is 35.0. The Bertz CT molecular complexity index is 1000. The van der Waals surface area contributed by atoms with Gasteiger partial charge in [-0.2, -0.15) is 0 Å². The van der Waals surface area contributed by atoms with E-state index in [9.17, 15) is 19.7 Å². The highest BCUT2D eigenvalue weighted by Gasteiger charge is 2.13. The Hall–Kier alpha value is -3.28. The van der Waals surface area contributed by atoms with Gasteiger partial charge in [0.2, 0.25) is 0 Å². The van der Waals surface area contributed by atoms with Gasteiger partial charge in [-0.1, -0.05) is 29.8 Å². The Labute approximate surface area is 137 Å². The van der Waals surface area contributed by atoms with Crippen LogP contribution < -0.4 is 5.56 Å². The third-order valence-corrected chi connectivity index (χ3v) is 3.86. The molecule has 0 N–H and O–H groups in total. The van der Waals surface area contributed by atoms with Crippen molar-refractivity contribution in [2.75, 3.05) is 0 Å². The van der Waals surface area contributed by atoms with E-state index in [4.69, 9.17) is 0 Å². The van der Waals surface area contributed by atoms with E-state index < -0.39 is 4.92 Å². The van der Waals surface area contributed by atoms with Crippen LogP contribution in [0, 0.1) is 17.0 Å². The van der Waals surface area contributed by atoms with Crippen LogP contribution in [-0.2, 0) is 6.54 Å². The van der Waals surface area contributed by atoms with Gasteiger partial charge in [-0.25, -0.2) is 0 Å². The molecule has 0 unspecified atom stereocenters. The molecule has 3 aromatic rings. The number of fused-ring (bicyclic) bond motifs is 1. The lowest BCUT2D eigenvalue weighted by Gasteiger charge is -2.09. The van der Waals surface area contributed by atoms with Crippen molar-refractivity contribution in [1.82, 2.24) is 4.57 Å². The molecule has 0 aliphatic heterocycles. The van der Waals surface area contributed by atoms with E-state index in [2.05, 4.69) is 0 Å². The highest BCUT2D eigenvalue weighted by molar-refractivity contribution is 5.96. The summed E-state index contributed by atoms with van der Waals surface area (Å²) in [6.07, 6.45) is 0. The summed E-state index contributed by atoms with van der Waals surface area (Å²) in [6, 6.07) is 14.2.